The molecule has 0 saturated heterocycles. The van der Waals surface area contributed by atoms with Crippen molar-refractivity contribution in [2.75, 3.05) is 20.3 Å². The molecule has 1 aromatic rings. The van der Waals surface area contributed by atoms with Gasteiger partial charge in [0, 0.05) is 39.3 Å². The third-order valence-electron chi connectivity index (χ3n) is 2.55. The molecule has 0 bridgehead atoms. The Kier molecular flexibility index (Phi) is 5.73. The van der Waals surface area contributed by atoms with Crippen molar-refractivity contribution in [3.63, 3.8) is 0 Å². The molecule has 0 saturated carbocycles. The molecule has 0 radical (unpaired) electrons. The summed E-state index contributed by atoms with van der Waals surface area (Å²) < 4.78 is 6.48. The third-order valence-corrected chi connectivity index (χ3v) is 2.55. The van der Waals surface area contributed by atoms with Gasteiger partial charge in [-0.25, -0.2) is 0 Å². The number of hydrogen-bond acceptors (Lipinski definition) is 5. The summed E-state index contributed by atoms with van der Waals surface area (Å²) in [5.74, 6) is -0.122. The third kappa shape index (κ3) is 5.74. The molecule has 1 amide bonds. The Labute approximate surface area is 106 Å². The summed E-state index contributed by atoms with van der Waals surface area (Å²) in [6, 6.07) is 0. The zero-order valence-electron chi connectivity index (χ0n) is 10.8. The second kappa shape index (κ2) is 7.07. The number of carbonyl (C=O) groups is 1. The van der Waals surface area contributed by atoms with Crippen molar-refractivity contribution in [3.8, 4) is 0 Å². The molecule has 18 heavy (non-hydrogen) atoms. The molecule has 1 unspecified atom stereocenters. The lowest BCUT2D eigenvalue weighted by atomic mass is 10.0. The fourth-order valence-electron chi connectivity index (χ4n) is 1.36. The minimum atomic E-state index is -0.946. The van der Waals surface area contributed by atoms with E-state index in [0.717, 1.165) is 0 Å². The zero-order valence-corrected chi connectivity index (χ0v) is 10.8. The smallest absolute Gasteiger partial charge is 0.221 e. The Morgan fingerprint density at radius 3 is 3.00 bits per heavy atom. The van der Waals surface area contributed by atoms with Crippen molar-refractivity contribution in [3.05, 3.63) is 12.4 Å². The molecule has 1 atom stereocenters. The zero-order chi connectivity index (χ0) is 13.4. The van der Waals surface area contributed by atoms with Gasteiger partial charge in [-0.3, -0.25) is 9.48 Å². The molecule has 2 N–H and O–H groups in total. The maximum atomic E-state index is 11.5. The molecular weight excluding hydrogens is 236 g/mol. The monoisotopic (exact) mass is 256 g/mol. The topological polar surface area (TPSA) is 89.3 Å². The summed E-state index contributed by atoms with van der Waals surface area (Å²) in [5, 5.41) is 20.0. The molecule has 7 nitrogen and oxygen atoms in total. The van der Waals surface area contributed by atoms with Crippen LogP contribution in [0.3, 0.4) is 0 Å². The van der Waals surface area contributed by atoms with Gasteiger partial charge in [-0.05, 0) is 6.92 Å². The van der Waals surface area contributed by atoms with Gasteiger partial charge in [0.05, 0.1) is 18.3 Å². The molecule has 0 aliphatic rings. The van der Waals surface area contributed by atoms with Crippen molar-refractivity contribution in [1.29, 1.82) is 0 Å². The molecule has 0 aromatic carbocycles. The van der Waals surface area contributed by atoms with E-state index in [1.54, 1.807) is 31.1 Å². The number of aromatic nitrogens is 3. The van der Waals surface area contributed by atoms with E-state index < -0.39 is 5.60 Å². The minimum absolute atomic E-state index is 0.122. The SMILES string of the molecule is COCCC(C)(O)CNC(=O)CCn1ccnn1. The van der Waals surface area contributed by atoms with Gasteiger partial charge in [0.25, 0.3) is 0 Å². The number of nitrogens with one attached hydrogen (secondary N) is 1. The van der Waals surface area contributed by atoms with Gasteiger partial charge in [-0.1, -0.05) is 5.21 Å². The van der Waals surface area contributed by atoms with Gasteiger partial charge in [-0.15, -0.1) is 5.10 Å². The average Bonchev–Trinajstić information content (AvgIpc) is 2.84. The number of amides is 1. The van der Waals surface area contributed by atoms with Gasteiger partial charge in [-0.2, -0.15) is 0 Å². The van der Waals surface area contributed by atoms with Crippen LogP contribution in [0.4, 0.5) is 0 Å². The Bertz CT molecular complexity index is 351. The van der Waals surface area contributed by atoms with E-state index in [2.05, 4.69) is 15.6 Å². The average molecular weight is 256 g/mol. The lowest BCUT2D eigenvalue weighted by Crippen LogP contribution is -2.41. The lowest BCUT2D eigenvalue weighted by Gasteiger charge is -2.23. The number of ether oxygens (including phenoxy) is 1. The first-order valence-electron chi connectivity index (χ1n) is 5.85. The minimum Gasteiger partial charge on any atom is -0.388 e. The molecule has 7 heteroatoms. The Morgan fingerprint density at radius 1 is 1.61 bits per heavy atom. The van der Waals surface area contributed by atoms with E-state index in [0.29, 0.717) is 26.0 Å². The molecule has 0 aliphatic heterocycles. The first-order chi connectivity index (χ1) is 8.53. The van der Waals surface area contributed by atoms with E-state index >= 15 is 0 Å². The quantitative estimate of drug-likeness (QED) is 0.659. The fourth-order valence-corrected chi connectivity index (χ4v) is 1.36. The van der Waals surface area contributed by atoms with E-state index in [1.807, 2.05) is 0 Å². The highest BCUT2D eigenvalue weighted by molar-refractivity contribution is 5.75. The van der Waals surface area contributed by atoms with Crippen LogP contribution in [0.25, 0.3) is 0 Å². The van der Waals surface area contributed by atoms with Crippen LogP contribution in [0.5, 0.6) is 0 Å². The first kappa shape index (κ1) is 14.6. The predicted molar refractivity (Wildman–Crippen MR) is 64.8 cm³/mol. The van der Waals surface area contributed by atoms with Crippen molar-refractivity contribution >= 4 is 5.91 Å². The Hall–Kier alpha value is -1.47. The van der Waals surface area contributed by atoms with Gasteiger partial charge in [0.1, 0.15) is 0 Å². The van der Waals surface area contributed by atoms with Crippen molar-refractivity contribution in [2.45, 2.75) is 31.9 Å². The largest absolute Gasteiger partial charge is 0.388 e. The first-order valence-corrected chi connectivity index (χ1v) is 5.85. The summed E-state index contributed by atoms with van der Waals surface area (Å²) in [5.41, 5.74) is -0.946. The predicted octanol–water partition coefficient (Wildman–Crippen LogP) is -0.428. The maximum Gasteiger partial charge on any atom is 0.221 e. The molecular formula is C11H20N4O3. The Morgan fingerprint density at radius 2 is 2.39 bits per heavy atom. The molecule has 1 heterocycles. The van der Waals surface area contributed by atoms with Crippen molar-refractivity contribution in [2.24, 2.45) is 0 Å². The number of aryl methyl sites for hydroxylation is 1. The van der Waals surface area contributed by atoms with Crippen LogP contribution < -0.4 is 5.32 Å². The van der Waals surface area contributed by atoms with Crippen LogP contribution in [-0.4, -0.2) is 51.9 Å². The van der Waals surface area contributed by atoms with Crippen LogP contribution in [0.15, 0.2) is 12.4 Å². The summed E-state index contributed by atoms with van der Waals surface area (Å²) in [6.45, 7) is 2.82. The Balaban J connectivity index is 2.20. The maximum absolute atomic E-state index is 11.5. The van der Waals surface area contributed by atoms with E-state index in [-0.39, 0.29) is 12.5 Å². The van der Waals surface area contributed by atoms with Crippen LogP contribution in [0.2, 0.25) is 0 Å². The standard InChI is InChI=1S/C11H20N4O3/c1-11(17,4-8-18-2)9-12-10(16)3-6-15-7-5-13-14-15/h5,7,17H,3-4,6,8-9H2,1-2H3,(H,12,16). The number of methoxy groups -OCH3 is 1. The van der Waals surface area contributed by atoms with Crippen LogP contribution in [0, 0.1) is 0 Å². The normalized spacial score (nSPS) is 14.2. The number of carbonyl (C=O) groups excluding carboxylic acids is 1. The summed E-state index contributed by atoms with van der Waals surface area (Å²) >= 11 is 0. The second-order valence-electron chi connectivity index (χ2n) is 4.43. The number of hydrogen-bond donors (Lipinski definition) is 2. The van der Waals surface area contributed by atoms with Gasteiger partial charge in [0.2, 0.25) is 5.91 Å². The molecule has 102 valence electrons. The van der Waals surface area contributed by atoms with Crippen molar-refractivity contribution < 1.29 is 14.6 Å². The summed E-state index contributed by atoms with van der Waals surface area (Å²) in [7, 11) is 1.58. The molecule has 1 aromatic heterocycles. The van der Waals surface area contributed by atoms with Crippen LogP contribution in [0.1, 0.15) is 19.8 Å². The van der Waals surface area contributed by atoms with E-state index in [9.17, 15) is 9.90 Å². The molecule has 0 spiro atoms. The number of rotatable bonds is 8. The highest BCUT2D eigenvalue weighted by atomic mass is 16.5. The molecule has 0 aliphatic carbocycles. The van der Waals surface area contributed by atoms with E-state index in [1.165, 1.54) is 0 Å². The van der Waals surface area contributed by atoms with Gasteiger partial charge < -0.3 is 15.2 Å². The number of aliphatic hydroxyl groups is 1. The lowest BCUT2D eigenvalue weighted by molar-refractivity contribution is -0.122. The number of nitrogens with zero attached hydrogens (tertiary/aromatic N) is 3. The summed E-state index contributed by atoms with van der Waals surface area (Å²) in [4.78, 5) is 11.5. The molecule has 0 fully saturated rings. The highest BCUT2D eigenvalue weighted by Gasteiger charge is 2.20. The van der Waals surface area contributed by atoms with Gasteiger partial charge >= 0.3 is 0 Å². The fraction of sp³-hybridized carbons (Fsp3) is 0.727. The van der Waals surface area contributed by atoms with Crippen LogP contribution >= 0.6 is 0 Å². The second-order valence-corrected chi connectivity index (χ2v) is 4.43. The molecule has 1 rings (SSSR count). The summed E-state index contributed by atoms with van der Waals surface area (Å²) in [6.07, 6.45) is 4.05. The van der Waals surface area contributed by atoms with E-state index in [4.69, 9.17) is 4.74 Å². The van der Waals surface area contributed by atoms with Gasteiger partial charge in [0.15, 0.2) is 0 Å². The van der Waals surface area contributed by atoms with Crippen LogP contribution in [-0.2, 0) is 16.1 Å². The highest BCUT2D eigenvalue weighted by Crippen LogP contribution is 2.07. The van der Waals surface area contributed by atoms with Crippen molar-refractivity contribution in [1.82, 2.24) is 20.3 Å².